The molecule has 0 aliphatic rings. The second-order valence-corrected chi connectivity index (χ2v) is 2.83. The standard InChI is InChI=1S/C8H17Cl.ClH/c1-2-3-4-5-6-7-8-9;/h2-8H2,1H3;1H. The Hall–Kier alpha value is 0.580. The second kappa shape index (κ2) is 12.3. The molecule has 0 aliphatic heterocycles. The number of alkyl halides is 1. The molecule has 0 nitrogen and oxygen atoms in total. The summed E-state index contributed by atoms with van der Waals surface area (Å²) in [5.74, 6) is 0.839. The largest absolute Gasteiger partial charge is 0.147 e. The van der Waals surface area contributed by atoms with Crippen molar-refractivity contribution in [3.05, 3.63) is 0 Å². The van der Waals surface area contributed by atoms with Gasteiger partial charge in [-0.1, -0.05) is 39.0 Å². The second-order valence-electron chi connectivity index (χ2n) is 2.46. The van der Waals surface area contributed by atoms with Crippen molar-refractivity contribution in [2.24, 2.45) is 0 Å². The van der Waals surface area contributed by atoms with E-state index in [0.29, 0.717) is 0 Å². The van der Waals surface area contributed by atoms with Gasteiger partial charge in [0.05, 0.1) is 0 Å². The van der Waals surface area contributed by atoms with Crippen LogP contribution in [0.3, 0.4) is 0 Å². The summed E-state index contributed by atoms with van der Waals surface area (Å²) in [6, 6.07) is 0. The molecule has 0 aromatic carbocycles. The highest BCUT2D eigenvalue weighted by Gasteiger charge is 1.86. The van der Waals surface area contributed by atoms with E-state index in [0.717, 1.165) is 5.88 Å². The highest BCUT2D eigenvalue weighted by molar-refractivity contribution is 6.17. The summed E-state index contributed by atoms with van der Waals surface area (Å²) in [6.07, 6.45) is 8.02. The van der Waals surface area contributed by atoms with Gasteiger partial charge in [0.25, 0.3) is 0 Å². The maximum Gasteiger partial charge on any atom is 0.0223 e. The molecule has 0 rings (SSSR count). The zero-order chi connectivity index (χ0) is 6.95. The number of rotatable bonds is 6. The summed E-state index contributed by atoms with van der Waals surface area (Å²) in [4.78, 5) is 0. The molecule has 64 valence electrons. The van der Waals surface area contributed by atoms with Crippen LogP contribution in [0.2, 0.25) is 0 Å². The van der Waals surface area contributed by atoms with E-state index in [1.54, 1.807) is 0 Å². The minimum absolute atomic E-state index is 0. The Labute approximate surface area is 75.8 Å². The average Bonchev–Trinajstić information content (AvgIpc) is 1.89. The van der Waals surface area contributed by atoms with E-state index in [2.05, 4.69) is 6.92 Å². The Morgan fingerprint density at radius 2 is 1.40 bits per heavy atom. The monoisotopic (exact) mass is 184 g/mol. The lowest BCUT2D eigenvalue weighted by Crippen LogP contribution is -1.78. The lowest BCUT2D eigenvalue weighted by Gasteiger charge is -1.95. The lowest BCUT2D eigenvalue weighted by molar-refractivity contribution is 0.626. The van der Waals surface area contributed by atoms with Crippen LogP contribution in [0.5, 0.6) is 0 Å². The molecule has 0 amide bonds. The third-order valence-corrected chi connectivity index (χ3v) is 1.75. The van der Waals surface area contributed by atoms with E-state index < -0.39 is 0 Å². The molecule has 0 heterocycles. The van der Waals surface area contributed by atoms with Gasteiger partial charge in [-0.25, -0.2) is 0 Å². The van der Waals surface area contributed by atoms with Crippen molar-refractivity contribution in [3.8, 4) is 0 Å². The molecule has 0 saturated carbocycles. The molecule has 0 bridgehead atoms. The molecule has 0 aliphatic carbocycles. The van der Waals surface area contributed by atoms with Crippen molar-refractivity contribution >= 4 is 24.0 Å². The zero-order valence-electron chi connectivity index (χ0n) is 6.74. The minimum atomic E-state index is 0. The van der Waals surface area contributed by atoms with Gasteiger partial charge in [-0.15, -0.1) is 24.0 Å². The van der Waals surface area contributed by atoms with Crippen molar-refractivity contribution in [3.63, 3.8) is 0 Å². The fourth-order valence-corrected chi connectivity index (χ4v) is 1.06. The van der Waals surface area contributed by atoms with Crippen LogP contribution < -0.4 is 0 Å². The van der Waals surface area contributed by atoms with Gasteiger partial charge >= 0.3 is 0 Å². The number of halogens is 2. The van der Waals surface area contributed by atoms with E-state index in [9.17, 15) is 0 Å². The van der Waals surface area contributed by atoms with Gasteiger partial charge in [-0.3, -0.25) is 0 Å². The van der Waals surface area contributed by atoms with Crippen LogP contribution in [0.1, 0.15) is 45.4 Å². The summed E-state index contributed by atoms with van der Waals surface area (Å²) in [5.41, 5.74) is 0. The first-order valence-corrected chi connectivity index (χ1v) is 4.51. The van der Waals surface area contributed by atoms with Gasteiger partial charge in [-0.05, 0) is 6.42 Å². The van der Waals surface area contributed by atoms with E-state index in [-0.39, 0.29) is 12.4 Å². The SMILES string of the molecule is CCCCCCCCCl.Cl. The topological polar surface area (TPSA) is 0 Å². The third kappa shape index (κ3) is 11.4. The quantitative estimate of drug-likeness (QED) is 0.433. The molecule has 0 fully saturated rings. The Morgan fingerprint density at radius 1 is 0.900 bits per heavy atom. The van der Waals surface area contributed by atoms with Crippen molar-refractivity contribution in [1.82, 2.24) is 0 Å². The molecule has 0 radical (unpaired) electrons. The molecular weight excluding hydrogens is 167 g/mol. The van der Waals surface area contributed by atoms with E-state index >= 15 is 0 Å². The molecule has 0 N–H and O–H groups in total. The number of unbranched alkanes of at least 4 members (excludes halogenated alkanes) is 5. The van der Waals surface area contributed by atoms with Gasteiger partial charge in [0.2, 0.25) is 0 Å². The van der Waals surface area contributed by atoms with Crippen LogP contribution in [0.15, 0.2) is 0 Å². The fraction of sp³-hybridized carbons (Fsp3) is 1.00. The van der Waals surface area contributed by atoms with Gasteiger partial charge in [-0.2, -0.15) is 0 Å². The Balaban J connectivity index is 0. The minimum Gasteiger partial charge on any atom is -0.147 e. The molecule has 0 spiro atoms. The molecular formula is C8H18Cl2. The first-order chi connectivity index (χ1) is 4.41. The lowest BCUT2D eigenvalue weighted by atomic mass is 10.1. The average molecular weight is 185 g/mol. The molecule has 10 heavy (non-hydrogen) atoms. The summed E-state index contributed by atoms with van der Waals surface area (Å²) < 4.78 is 0. The predicted molar refractivity (Wildman–Crippen MR) is 51.3 cm³/mol. The van der Waals surface area contributed by atoms with Crippen LogP contribution in [0, 0.1) is 0 Å². The van der Waals surface area contributed by atoms with Gasteiger partial charge in [0, 0.05) is 5.88 Å². The number of hydrogen-bond acceptors (Lipinski definition) is 0. The summed E-state index contributed by atoms with van der Waals surface area (Å²) >= 11 is 5.51. The normalized spacial score (nSPS) is 9.00. The van der Waals surface area contributed by atoms with Gasteiger partial charge < -0.3 is 0 Å². The predicted octanol–water partition coefficient (Wildman–Crippen LogP) is 4.01. The first-order valence-electron chi connectivity index (χ1n) is 3.97. The van der Waals surface area contributed by atoms with Crippen LogP contribution in [0.25, 0.3) is 0 Å². The Morgan fingerprint density at radius 3 is 1.90 bits per heavy atom. The molecule has 0 atom stereocenters. The highest BCUT2D eigenvalue weighted by Crippen LogP contribution is 2.04. The summed E-state index contributed by atoms with van der Waals surface area (Å²) in [5, 5.41) is 0. The van der Waals surface area contributed by atoms with Crippen LogP contribution in [-0.4, -0.2) is 5.88 Å². The number of hydrogen-bond donors (Lipinski definition) is 0. The molecule has 0 aromatic heterocycles. The zero-order valence-corrected chi connectivity index (χ0v) is 8.31. The summed E-state index contributed by atoms with van der Waals surface area (Å²) in [6.45, 7) is 2.24. The highest BCUT2D eigenvalue weighted by atomic mass is 35.5. The Bertz CT molecular complexity index is 40.5. The molecule has 0 unspecified atom stereocenters. The maximum absolute atomic E-state index is 5.51. The Kier molecular flexibility index (Phi) is 16.2. The van der Waals surface area contributed by atoms with E-state index in [4.69, 9.17) is 11.6 Å². The van der Waals surface area contributed by atoms with E-state index in [1.165, 1.54) is 38.5 Å². The van der Waals surface area contributed by atoms with Crippen molar-refractivity contribution in [2.45, 2.75) is 45.4 Å². The van der Waals surface area contributed by atoms with Crippen LogP contribution in [-0.2, 0) is 0 Å². The van der Waals surface area contributed by atoms with E-state index in [1.807, 2.05) is 0 Å². The van der Waals surface area contributed by atoms with Crippen molar-refractivity contribution < 1.29 is 0 Å². The van der Waals surface area contributed by atoms with Crippen LogP contribution >= 0.6 is 24.0 Å². The first kappa shape index (κ1) is 13.2. The smallest absolute Gasteiger partial charge is 0.0223 e. The molecule has 0 aromatic rings. The third-order valence-electron chi connectivity index (χ3n) is 1.49. The molecule has 2 heteroatoms. The summed E-state index contributed by atoms with van der Waals surface area (Å²) in [7, 11) is 0. The van der Waals surface area contributed by atoms with Crippen LogP contribution in [0.4, 0.5) is 0 Å². The molecule has 0 saturated heterocycles. The maximum atomic E-state index is 5.51. The van der Waals surface area contributed by atoms with Crippen molar-refractivity contribution in [2.75, 3.05) is 5.88 Å². The van der Waals surface area contributed by atoms with Crippen molar-refractivity contribution in [1.29, 1.82) is 0 Å². The fourth-order valence-electron chi connectivity index (χ4n) is 0.875. The van der Waals surface area contributed by atoms with Gasteiger partial charge in [0.1, 0.15) is 0 Å². The van der Waals surface area contributed by atoms with Gasteiger partial charge in [0.15, 0.2) is 0 Å².